The van der Waals surface area contributed by atoms with Crippen molar-refractivity contribution in [1.82, 2.24) is 10.3 Å². The fourth-order valence-corrected chi connectivity index (χ4v) is 4.83. The van der Waals surface area contributed by atoms with E-state index in [1.165, 1.54) is 68.9 Å². The first-order chi connectivity index (χ1) is 10.3. The van der Waals surface area contributed by atoms with Crippen molar-refractivity contribution >= 4 is 16.5 Å². The number of piperidine rings is 1. The van der Waals surface area contributed by atoms with Crippen LogP contribution in [0.2, 0.25) is 0 Å². The third kappa shape index (κ3) is 3.42. The smallest absolute Gasteiger partial charge is 0.185 e. The maximum atomic E-state index is 5.06. The lowest BCUT2D eigenvalue weighted by Crippen LogP contribution is -2.35. The van der Waals surface area contributed by atoms with E-state index < -0.39 is 0 Å². The predicted molar refractivity (Wildman–Crippen MR) is 91.3 cm³/mol. The minimum absolute atomic E-state index is 0.505. The van der Waals surface area contributed by atoms with Gasteiger partial charge in [0.25, 0.3) is 0 Å². The Kier molecular flexibility index (Phi) is 5.17. The van der Waals surface area contributed by atoms with Crippen molar-refractivity contribution in [3.05, 3.63) is 10.6 Å². The zero-order chi connectivity index (χ0) is 14.7. The molecule has 2 heterocycles. The van der Waals surface area contributed by atoms with Crippen molar-refractivity contribution < 1.29 is 0 Å². The summed E-state index contributed by atoms with van der Waals surface area (Å²) >= 11 is 1.97. The Morgan fingerprint density at radius 1 is 1.29 bits per heavy atom. The van der Waals surface area contributed by atoms with Crippen molar-refractivity contribution in [2.24, 2.45) is 5.92 Å². The lowest BCUT2D eigenvalue weighted by molar-refractivity contribution is 0.403. The van der Waals surface area contributed by atoms with Crippen LogP contribution in [0.4, 0.5) is 5.13 Å². The van der Waals surface area contributed by atoms with Gasteiger partial charge in [0, 0.05) is 18.0 Å². The maximum Gasteiger partial charge on any atom is 0.185 e. The average molecular weight is 308 g/mol. The molecule has 2 atom stereocenters. The van der Waals surface area contributed by atoms with Gasteiger partial charge >= 0.3 is 0 Å². The van der Waals surface area contributed by atoms with Gasteiger partial charge in [-0.3, -0.25) is 0 Å². The normalized spacial score (nSPS) is 25.9. The van der Waals surface area contributed by atoms with E-state index in [9.17, 15) is 0 Å². The van der Waals surface area contributed by atoms with E-state index >= 15 is 0 Å². The molecule has 0 spiro atoms. The Balaban J connectivity index is 1.74. The highest BCUT2D eigenvalue weighted by Crippen LogP contribution is 2.38. The molecular formula is C17H29N3S. The van der Waals surface area contributed by atoms with Crippen LogP contribution in [-0.2, 0) is 6.42 Å². The van der Waals surface area contributed by atoms with E-state index in [4.69, 9.17) is 4.98 Å². The Morgan fingerprint density at radius 3 is 3.00 bits per heavy atom. The highest BCUT2D eigenvalue weighted by molar-refractivity contribution is 7.15. The minimum Gasteiger partial charge on any atom is -0.348 e. The van der Waals surface area contributed by atoms with Crippen LogP contribution in [0.25, 0.3) is 0 Å². The number of rotatable bonds is 5. The standard InChI is InChI=1S/C17H29N3S/c1-3-10-18-14-8-5-9-15-16(14)19-17(21-15)20-11-6-7-13(4-2)12-20/h13-14,18H,3-12H2,1-2H3. The highest BCUT2D eigenvalue weighted by Gasteiger charge is 2.27. The Hall–Kier alpha value is -0.610. The first kappa shape index (κ1) is 15.3. The van der Waals surface area contributed by atoms with Gasteiger partial charge in [0.05, 0.1) is 11.7 Å². The molecule has 0 aromatic carbocycles. The first-order valence-corrected chi connectivity index (χ1v) is 9.61. The van der Waals surface area contributed by atoms with E-state index in [1.807, 2.05) is 11.3 Å². The van der Waals surface area contributed by atoms with Crippen molar-refractivity contribution in [3.8, 4) is 0 Å². The molecule has 3 rings (SSSR count). The molecule has 0 saturated carbocycles. The summed E-state index contributed by atoms with van der Waals surface area (Å²) in [7, 11) is 0. The van der Waals surface area contributed by atoms with Crippen LogP contribution < -0.4 is 10.2 Å². The quantitative estimate of drug-likeness (QED) is 0.886. The van der Waals surface area contributed by atoms with Crippen LogP contribution in [0.5, 0.6) is 0 Å². The van der Waals surface area contributed by atoms with Crippen molar-refractivity contribution in [3.63, 3.8) is 0 Å². The van der Waals surface area contributed by atoms with Gasteiger partial charge < -0.3 is 10.2 Å². The van der Waals surface area contributed by atoms with Gasteiger partial charge in [0.15, 0.2) is 5.13 Å². The number of anilines is 1. The number of hydrogen-bond acceptors (Lipinski definition) is 4. The van der Waals surface area contributed by atoms with Crippen molar-refractivity contribution in [1.29, 1.82) is 0 Å². The molecule has 2 unspecified atom stereocenters. The third-order valence-electron chi connectivity index (χ3n) is 4.95. The van der Waals surface area contributed by atoms with Crippen LogP contribution in [0.3, 0.4) is 0 Å². The summed E-state index contributed by atoms with van der Waals surface area (Å²) in [6.07, 6.45) is 9.05. The molecule has 0 amide bonds. The number of fused-ring (bicyclic) bond motifs is 1. The van der Waals surface area contributed by atoms with Crippen molar-refractivity contribution in [2.75, 3.05) is 24.5 Å². The molecule has 1 aliphatic heterocycles. The lowest BCUT2D eigenvalue weighted by Gasteiger charge is -2.32. The molecule has 118 valence electrons. The molecule has 1 aromatic heterocycles. The summed E-state index contributed by atoms with van der Waals surface area (Å²) in [5.41, 5.74) is 1.37. The summed E-state index contributed by atoms with van der Waals surface area (Å²) < 4.78 is 0. The Bertz CT molecular complexity index is 457. The molecule has 1 fully saturated rings. The van der Waals surface area contributed by atoms with E-state index in [0.717, 1.165) is 12.5 Å². The van der Waals surface area contributed by atoms with Crippen LogP contribution in [0.15, 0.2) is 0 Å². The van der Waals surface area contributed by atoms with Gasteiger partial charge in [-0.2, -0.15) is 0 Å². The zero-order valence-electron chi connectivity index (χ0n) is 13.5. The predicted octanol–water partition coefficient (Wildman–Crippen LogP) is 4.15. The van der Waals surface area contributed by atoms with Crippen LogP contribution in [-0.4, -0.2) is 24.6 Å². The average Bonchev–Trinajstić information content (AvgIpc) is 2.97. The fourth-order valence-electron chi connectivity index (χ4n) is 3.63. The largest absolute Gasteiger partial charge is 0.348 e. The summed E-state index contributed by atoms with van der Waals surface area (Å²) in [6.45, 7) is 8.10. The first-order valence-electron chi connectivity index (χ1n) is 8.79. The number of hydrogen-bond donors (Lipinski definition) is 1. The molecule has 1 saturated heterocycles. The highest BCUT2D eigenvalue weighted by atomic mass is 32.1. The molecule has 4 heteroatoms. The minimum atomic E-state index is 0.505. The number of aromatic nitrogens is 1. The molecule has 0 bridgehead atoms. The zero-order valence-corrected chi connectivity index (χ0v) is 14.3. The van der Waals surface area contributed by atoms with E-state index in [2.05, 4.69) is 24.1 Å². The molecule has 3 nitrogen and oxygen atoms in total. The molecule has 21 heavy (non-hydrogen) atoms. The van der Waals surface area contributed by atoms with Crippen LogP contribution in [0.1, 0.15) is 69.0 Å². The Labute approximate surface area is 133 Å². The maximum absolute atomic E-state index is 5.06. The van der Waals surface area contributed by atoms with Gasteiger partial charge in [-0.05, 0) is 51.0 Å². The van der Waals surface area contributed by atoms with Crippen molar-refractivity contribution in [2.45, 2.75) is 64.8 Å². The number of aryl methyl sites for hydroxylation is 1. The lowest BCUT2D eigenvalue weighted by atomic mass is 9.96. The van der Waals surface area contributed by atoms with Gasteiger partial charge in [-0.1, -0.05) is 20.3 Å². The monoisotopic (exact) mass is 307 g/mol. The third-order valence-corrected chi connectivity index (χ3v) is 6.14. The summed E-state index contributed by atoms with van der Waals surface area (Å²) in [5.74, 6) is 0.869. The van der Waals surface area contributed by atoms with Gasteiger partial charge in [-0.15, -0.1) is 11.3 Å². The fraction of sp³-hybridized carbons (Fsp3) is 0.824. The summed E-state index contributed by atoms with van der Waals surface area (Å²) in [4.78, 5) is 9.16. The molecule has 1 aromatic rings. The number of thiazole rings is 1. The van der Waals surface area contributed by atoms with E-state index in [0.29, 0.717) is 6.04 Å². The summed E-state index contributed by atoms with van der Waals surface area (Å²) in [5, 5.41) is 4.98. The Morgan fingerprint density at radius 2 is 2.19 bits per heavy atom. The second-order valence-corrected chi connectivity index (χ2v) is 7.63. The molecule has 1 aliphatic carbocycles. The second kappa shape index (κ2) is 7.10. The topological polar surface area (TPSA) is 28.2 Å². The van der Waals surface area contributed by atoms with E-state index in [-0.39, 0.29) is 0 Å². The molecule has 1 N–H and O–H groups in total. The van der Waals surface area contributed by atoms with Gasteiger partial charge in [-0.25, -0.2) is 4.98 Å². The van der Waals surface area contributed by atoms with E-state index in [1.54, 1.807) is 4.88 Å². The second-order valence-electron chi connectivity index (χ2n) is 6.57. The van der Waals surface area contributed by atoms with Crippen LogP contribution >= 0.6 is 11.3 Å². The van der Waals surface area contributed by atoms with Crippen LogP contribution in [0, 0.1) is 5.92 Å². The molecular weight excluding hydrogens is 278 g/mol. The SMILES string of the molecule is CCCNC1CCCc2sc(N3CCCC(CC)C3)nc21. The van der Waals surface area contributed by atoms with Gasteiger partial charge in [0.1, 0.15) is 0 Å². The molecule has 2 aliphatic rings. The number of nitrogens with zero attached hydrogens (tertiary/aromatic N) is 2. The molecule has 0 radical (unpaired) electrons. The number of nitrogens with one attached hydrogen (secondary N) is 1. The van der Waals surface area contributed by atoms with Gasteiger partial charge in [0.2, 0.25) is 0 Å². The summed E-state index contributed by atoms with van der Waals surface area (Å²) in [6, 6.07) is 0.505.